The first kappa shape index (κ1) is 18.0. The molecule has 1 aliphatic rings. The van der Waals surface area contributed by atoms with Crippen molar-refractivity contribution in [2.75, 3.05) is 24.1 Å². The van der Waals surface area contributed by atoms with Crippen molar-refractivity contribution in [2.24, 2.45) is 0 Å². The van der Waals surface area contributed by atoms with Gasteiger partial charge in [-0.05, 0) is 25.0 Å². The largest absolute Gasteiger partial charge is 0.381 e. The molecular formula is C22H23N5O. The second kappa shape index (κ2) is 8.08. The van der Waals surface area contributed by atoms with E-state index in [0.29, 0.717) is 17.8 Å². The Morgan fingerprint density at radius 3 is 2.54 bits per heavy atom. The molecule has 0 radical (unpaired) electrons. The predicted molar refractivity (Wildman–Crippen MR) is 111 cm³/mol. The number of nitrogens with one attached hydrogen (secondary N) is 1. The number of nitrogens with zero attached hydrogens (tertiary/aromatic N) is 3. The Morgan fingerprint density at radius 1 is 1.07 bits per heavy atom. The topological polar surface area (TPSA) is 84.1 Å². The zero-order valence-corrected chi connectivity index (χ0v) is 15.6. The third kappa shape index (κ3) is 3.96. The number of carbonyl (C=O) groups excluding carboxylic acids is 1. The maximum Gasteiger partial charge on any atom is 0.257 e. The fraction of sp³-hybridized carbons (Fsp3) is 0.227. The van der Waals surface area contributed by atoms with Crippen molar-refractivity contribution in [1.82, 2.24) is 14.9 Å². The summed E-state index contributed by atoms with van der Waals surface area (Å²) in [7, 11) is 0. The first-order valence-electron chi connectivity index (χ1n) is 9.49. The molecule has 1 aliphatic heterocycles. The molecule has 142 valence electrons. The highest BCUT2D eigenvalue weighted by Crippen LogP contribution is 2.25. The molecule has 6 nitrogen and oxygen atoms in total. The molecule has 0 aliphatic carbocycles. The Morgan fingerprint density at radius 2 is 1.79 bits per heavy atom. The number of hydrogen-bond acceptors (Lipinski definition) is 5. The van der Waals surface area contributed by atoms with Crippen LogP contribution in [-0.4, -0.2) is 39.9 Å². The second-order valence-electron chi connectivity index (χ2n) is 6.96. The number of rotatable bonds is 4. The van der Waals surface area contributed by atoms with Gasteiger partial charge in [0.15, 0.2) is 0 Å². The van der Waals surface area contributed by atoms with E-state index in [4.69, 9.17) is 5.73 Å². The van der Waals surface area contributed by atoms with Gasteiger partial charge in [-0.2, -0.15) is 0 Å². The molecule has 6 heteroatoms. The van der Waals surface area contributed by atoms with Gasteiger partial charge in [-0.25, -0.2) is 9.97 Å². The number of nitrogen functional groups attached to an aromatic ring is 1. The number of aromatic nitrogens is 2. The van der Waals surface area contributed by atoms with E-state index in [1.54, 1.807) is 6.20 Å². The van der Waals surface area contributed by atoms with E-state index in [-0.39, 0.29) is 17.9 Å². The van der Waals surface area contributed by atoms with Gasteiger partial charge in [0, 0.05) is 36.6 Å². The molecule has 3 aromatic rings. The van der Waals surface area contributed by atoms with Gasteiger partial charge in [0.05, 0.1) is 11.3 Å². The lowest BCUT2D eigenvalue weighted by atomic mass is 10.0. The summed E-state index contributed by atoms with van der Waals surface area (Å²) in [5, 5.41) is 3.53. The highest BCUT2D eigenvalue weighted by atomic mass is 16.2. The minimum atomic E-state index is -0.0570. The molecule has 1 saturated heterocycles. The van der Waals surface area contributed by atoms with E-state index in [9.17, 15) is 4.79 Å². The average Bonchev–Trinajstić information content (AvgIpc) is 2.75. The lowest BCUT2D eigenvalue weighted by molar-refractivity contribution is 0.0715. The number of para-hydroxylation sites is 1. The maximum atomic E-state index is 13.3. The molecule has 1 aromatic heterocycles. The molecule has 3 N–H and O–H groups in total. The van der Waals surface area contributed by atoms with Crippen molar-refractivity contribution >= 4 is 17.5 Å². The van der Waals surface area contributed by atoms with E-state index in [0.717, 1.165) is 30.6 Å². The van der Waals surface area contributed by atoms with E-state index >= 15 is 0 Å². The zero-order valence-electron chi connectivity index (χ0n) is 15.6. The Hall–Kier alpha value is -3.41. The summed E-state index contributed by atoms with van der Waals surface area (Å²) in [5.41, 5.74) is 8.79. The number of benzene rings is 2. The van der Waals surface area contributed by atoms with Crippen LogP contribution in [-0.2, 0) is 0 Å². The van der Waals surface area contributed by atoms with E-state index in [1.165, 1.54) is 0 Å². The van der Waals surface area contributed by atoms with Gasteiger partial charge in [-0.15, -0.1) is 0 Å². The summed E-state index contributed by atoms with van der Waals surface area (Å²) < 4.78 is 0. The molecule has 0 spiro atoms. The van der Waals surface area contributed by atoms with Crippen molar-refractivity contribution in [3.05, 3.63) is 72.4 Å². The molecule has 0 saturated carbocycles. The van der Waals surface area contributed by atoms with Crippen LogP contribution in [0, 0.1) is 0 Å². The number of carbonyl (C=O) groups is 1. The van der Waals surface area contributed by atoms with Crippen molar-refractivity contribution < 1.29 is 4.79 Å². The number of nitrogens with two attached hydrogens (primary N) is 1. The van der Waals surface area contributed by atoms with Gasteiger partial charge in [-0.1, -0.05) is 48.5 Å². The number of amides is 1. The average molecular weight is 373 g/mol. The predicted octanol–water partition coefficient (Wildman–Crippen LogP) is 3.44. The Kier molecular flexibility index (Phi) is 5.19. The van der Waals surface area contributed by atoms with Gasteiger partial charge >= 0.3 is 0 Å². The smallest absolute Gasteiger partial charge is 0.257 e. The third-order valence-electron chi connectivity index (χ3n) is 4.94. The summed E-state index contributed by atoms with van der Waals surface area (Å²) in [4.78, 5) is 23.6. The van der Waals surface area contributed by atoms with Crippen LogP contribution in [0.1, 0.15) is 23.2 Å². The minimum absolute atomic E-state index is 0.0570. The van der Waals surface area contributed by atoms with Gasteiger partial charge in [-0.3, -0.25) is 4.79 Å². The summed E-state index contributed by atoms with van der Waals surface area (Å²) in [5.74, 6) is 0.107. The van der Waals surface area contributed by atoms with Crippen molar-refractivity contribution in [3.8, 4) is 11.3 Å². The maximum absolute atomic E-state index is 13.3. The third-order valence-corrected chi connectivity index (χ3v) is 4.94. The summed E-state index contributed by atoms with van der Waals surface area (Å²) in [6.07, 6.45) is 3.52. The summed E-state index contributed by atoms with van der Waals surface area (Å²) in [6, 6.07) is 19.9. The van der Waals surface area contributed by atoms with Crippen molar-refractivity contribution in [2.45, 2.75) is 18.9 Å². The van der Waals surface area contributed by atoms with Crippen LogP contribution < -0.4 is 11.1 Å². The highest BCUT2D eigenvalue weighted by Gasteiger charge is 2.27. The zero-order chi connectivity index (χ0) is 19.3. The number of piperidine rings is 1. The van der Waals surface area contributed by atoms with Crippen LogP contribution in [0.2, 0.25) is 0 Å². The lowest BCUT2D eigenvalue weighted by Gasteiger charge is -2.34. The molecule has 28 heavy (non-hydrogen) atoms. The quantitative estimate of drug-likeness (QED) is 0.732. The van der Waals surface area contributed by atoms with Crippen LogP contribution in [0.4, 0.5) is 11.6 Å². The van der Waals surface area contributed by atoms with Crippen molar-refractivity contribution in [1.29, 1.82) is 0 Å². The molecule has 2 heterocycles. The Balaban J connectivity index is 1.56. The fourth-order valence-electron chi connectivity index (χ4n) is 3.59. The minimum Gasteiger partial charge on any atom is -0.381 e. The van der Waals surface area contributed by atoms with Crippen LogP contribution in [0.3, 0.4) is 0 Å². The van der Waals surface area contributed by atoms with E-state index < -0.39 is 0 Å². The molecule has 1 amide bonds. The fourth-order valence-corrected chi connectivity index (χ4v) is 3.59. The molecule has 1 atom stereocenters. The van der Waals surface area contributed by atoms with Gasteiger partial charge in [0.2, 0.25) is 5.95 Å². The number of anilines is 2. The standard InChI is InChI=1S/C22H23N5O/c23-22-24-14-19(20(26-22)16-8-3-1-4-9-16)21(28)27-13-7-12-18(15-27)25-17-10-5-2-6-11-17/h1-6,8-11,14,18,25H,7,12-13,15H2,(H2,23,24,26). The van der Waals surface area contributed by atoms with Crippen LogP contribution in [0.5, 0.6) is 0 Å². The van der Waals surface area contributed by atoms with Gasteiger partial charge in [0.1, 0.15) is 0 Å². The lowest BCUT2D eigenvalue weighted by Crippen LogP contribution is -2.45. The van der Waals surface area contributed by atoms with E-state index in [1.807, 2.05) is 65.6 Å². The summed E-state index contributed by atoms with van der Waals surface area (Å²) >= 11 is 0. The number of likely N-dealkylation sites (tertiary alicyclic amines) is 1. The number of hydrogen-bond donors (Lipinski definition) is 2. The first-order valence-corrected chi connectivity index (χ1v) is 9.49. The van der Waals surface area contributed by atoms with Gasteiger partial charge in [0.25, 0.3) is 5.91 Å². The van der Waals surface area contributed by atoms with Crippen LogP contribution in [0.25, 0.3) is 11.3 Å². The highest BCUT2D eigenvalue weighted by molar-refractivity contribution is 5.99. The SMILES string of the molecule is Nc1ncc(C(=O)N2CCCC(Nc3ccccc3)C2)c(-c2ccccc2)n1. The molecule has 0 bridgehead atoms. The first-order chi connectivity index (χ1) is 13.7. The monoisotopic (exact) mass is 373 g/mol. The molecule has 1 fully saturated rings. The normalized spacial score (nSPS) is 16.6. The van der Waals surface area contributed by atoms with Crippen LogP contribution >= 0.6 is 0 Å². The molecule has 1 unspecified atom stereocenters. The van der Waals surface area contributed by atoms with E-state index in [2.05, 4.69) is 15.3 Å². The Bertz CT molecular complexity index is 946. The second-order valence-corrected chi connectivity index (χ2v) is 6.96. The molecular weight excluding hydrogens is 350 g/mol. The molecule has 2 aromatic carbocycles. The van der Waals surface area contributed by atoms with Crippen LogP contribution in [0.15, 0.2) is 66.9 Å². The molecule has 4 rings (SSSR count). The van der Waals surface area contributed by atoms with Crippen molar-refractivity contribution in [3.63, 3.8) is 0 Å². The summed E-state index contributed by atoms with van der Waals surface area (Å²) in [6.45, 7) is 1.37. The van der Waals surface area contributed by atoms with Gasteiger partial charge < -0.3 is 16.0 Å². The Labute approximate surface area is 164 Å².